The van der Waals surface area contributed by atoms with E-state index >= 15 is 0 Å². The largest absolute Gasteiger partial charge is 0.360 e. The van der Waals surface area contributed by atoms with Crippen molar-refractivity contribution in [1.29, 1.82) is 0 Å². The molecule has 5 nitrogen and oxygen atoms in total. The quantitative estimate of drug-likeness (QED) is 0.801. The van der Waals surface area contributed by atoms with Gasteiger partial charge < -0.3 is 5.32 Å². The van der Waals surface area contributed by atoms with Crippen LogP contribution in [-0.2, 0) is 0 Å². The molecule has 2 aromatic heterocycles. The molecule has 4 rings (SSSR count). The Hall–Kier alpha value is -2.57. The van der Waals surface area contributed by atoms with Gasteiger partial charge in [0.1, 0.15) is 5.82 Å². The number of anilines is 1. The summed E-state index contributed by atoms with van der Waals surface area (Å²) >= 11 is 0. The minimum absolute atomic E-state index is 0.245. The summed E-state index contributed by atoms with van der Waals surface area (Å²) in [5, 5.41) is 11.7. The molecule has 1 aliphatic rings. The zero-order valence-electron chi connectivity index (χ0n) is 12.5. The second-order valence-electron chi connectivity index (χ2n) is 5.84. The highest BCUT2D eigenvalue weighted by molar-refractivity contribution is 5.63. The van der Waals surface area contributed by atoms with Gasteiger partial charge in [-0.2, -0.15) is 0 Å². The minimum Gasteiger partial charge on any atom is -0.360 e. The third kappa shape index (κ3) is 2.52. The van der Waals surface area contributed by atoms with Gasteiger partial charge in [-0.25, -0.2) is 13.8 Å². The molecular weight excluding hydrogens is 300 g/mol. The van der Waals surface area contributed by atoms with Crippen LogP contribution in [0.15, 0.2) is 30.6 Å². The lowest BCUT2D eigenvalue weighted by Crippen LogP contribution is -2.10. The number of nitrogens with one attached hydrogen (secondary N) is 1. The van der Waals surface area contributed by atoms with Crippen LogP contribution in [-0.4, -0.2) is 19.6 Å². The van der Waals surface area contributed by atoms with E-state index in [2.05, 4.69) is 20.5 Å². The molecule has 0 saturated heterocycles. The van der Waals surface area contributed by atoms with Gasteiger partial charge >= 0.3 is 0 Å². The molecule has 3 aromatic rings. The van der Waals surface area contributed by atoms with Crippen molar-refractivity contribution in [2.45, 2.75) is 31.7 Å². The van der Waals surface area contributed by atoms with Crippen LogP contribution in [0.1, 0.15) is 43.1 Å². The lowest BCUT2D eigenvalue weighted by atomic mass is 10.1. The molecular formula is C16H15F2N5. The van der Waals surface area contributed by atoms with Crippen molar-refractivity contribution in [2.24, 2.45) is 0 Å². The van der Waals surface area contributed by atoms with Crippen LogP contribution in [0.25, 0.3) is 5.65 Å². The molecule has 0 bridgehead atoms. The number of hydrogen-bond donors (Lipinski definition) is 1. The zero-order valence-corrected chi connectivity index (χ0v) is 12.5. The second-order valence-corrected chi connectivity index (χ2v) is 5.84. The van der Waals surface area contributed by atoms with Crippen LogP contribution < -0.4 is 5.32 Å². The van der Waals surface area contributed by atoms with E-state index in [1.54, 1.807) is 12.3 Å². The fraction of sp³-hybridized carbons (Fsp3) is 0.312. The molecule has 1 atom stereocenters. The number of fused-ring (bicyclic) bond motifs is 1. The summed E-state index contributed by atoms with van der Waals surface area (Å²) in [4.78, 5) is 4.30. The Morgan fingerprint density at radius 2 is 2.04 bits per heavy atom. The van der Waals surface area contributed by atoms with Gasteiger partial charge in [-0.1, -0.05) is 6.07 Å². The van der Waals surface area contributed by atoms with Gasteiger partial charge in [-0.15, -0.1) is 10.2 Å². The Morgan fingerprint density at radius 1 is 1.22 bits per heavy atom. The first-order valence-electron chi connectivity index (χ1n) is 7.54. The van der Waals surface area contributed by atoms with Gasteiger partial charge in [-0.05, 0) is 37.5 Å². The summed E-state index contributed by atoms with van der Waals surface area (Å²) in [6.45, 7) is 1.86. The number of aromatic nitrogens is 4. The van der Waals surface area contributed by atoms with E-state index in [1.165, 1.54) is 6.07 Å². The van der Waals surface area contributed by atoms with E-state index in [0.29, 0.717) is 22.9 Å². The number of rotatable bonds is 4. The molecule has 118 valence electrons. The predicted octanol–water partition coefficient (Wildman–Crippen LogP) is 3.45. The van der Waals surface area contributed by atoms with Crippen LogP contribution in [0.4, 0.5) is 14.6 Å². The van der Waals surface area contributed by atoms with E-state index in [1.807, 2.05) is 17.5 Å². The first kappa shape index (κ1) is 14.0. The first-order valence-corrected chi connectivity index (χ1v) is 7.54. The van der Waals surface area contributed by atoms with E-state index in [9.17, 15) is 8.78 Å². The summed E-state index contributed by atoms with van der Waals surface area (Å²) < 4.78 is 28.4. The Kier molecular flexibility index (Phi) is 3.21. The smallest absolute Gasteiger partial charge is 0.203 e. The highest BCUT2D eigenvalue weighted by atomic mass is 19.2. The van der Waals surface area contributed by atoms with E-state index in [-0.39, 0.29) is 6.04 Å². The van der Waals surface area contributed by atoms with Crippen molar-refractivity contribution in [1.82, 2.24) is 19.6 Å². The molecule has 1 unspecified atom stereocenters. The summed E-state index contributed by atoms with van der Waals surface area (Å²) in [6, 6.07) is 3.62. The maximum atomic E-state index is 13.4. The molecule has 1 N–H and O–H groups in total. The highest BCUT2D eigenvalue weighted by Crippen LogP contribution is 2.39. The Morgan fingerprint density at radius 3 is 2.78 bits per heavy atom. The fourth-order valence-corrected chi connectivity index (χ4v) is 2.64. The number of hydrogen-bond acceptors (Lipinski definition) is 4. The van der Waals surface area contributed by atoms with E-state index in [4.69, 9.17) is 0 Å². The van der Waals surface area contributed by atoms with Crippen molar-refractivity contribution in [3.63, 3.8) is 0 Å². The van der Waals surface area contributed by atoms with Gasteiger partial charge in [0, 0.05) is 18.3 Å². The Balaban J connectivity index is 1.65. The topological polar surface area (TPSA) is 55.1 Å². The molecule has 1 aromatic carbocycles. The fourth-order valence-electron chi connectivity index (χ4n) is 2.64. The van der Waals surface area contributed by atoms with Crippen molar-refractivity contribution in [3.8, 4) is 0 Å². The van der Waals surface area contributed by atoms with Crippen LogP contribution in [0, 0.1) is 11.6 Å². The summed E-state index contributed by atoms with van der Waals surface area (Å²) in [5.41, 5.74) is 1.28. The number of benzene rings is 1. The van der Waals surface area contributed by atoms with Crippen LogP contribution in [0.2, 0.25) is 0 Å². The molecule has 1 aliphatic carbocycles. The van der Waals surface area contributed by atoms with E-state index < -0.39 is 11.6 Å². The molecule has 0 aliphatic heterocycles. The van der Waals surface area contributed by atoms with Crippen molar-refractivity contribution in [3.05, 3.63) is 53.6 Å². The van der Waals surface area contributed by atoms with Gasteiger partial charge in [0.2, 0.25) is 5.65 Å². The Bertz CT molecular complexity index is 872. The minimum atomic E-state index is -0.860. The summed E-state index contributed by atoms with van der Waals surface area (Å²) in [7, 11) is 0. The molecule has 1 fully saturated rings. The van der Waals surface area contributed by atoms with Crippen LogP contribution in [0.3, 0.4) is 0 Å². The molecule has 0 amide bonds. The second kappa shape index (κ2) is 5.26. The molecule has 0 radical (unpaired) electrons. The molecule has 1 saturated carbocycles. The van der Waals surface area contributed by atoms with E-state index in [0.717, 1.165) is 24.7 Å². The molecule has 23 heavy (non-hydrogen) atoms. The predicted molar refractivity (Wildman–Crippen MR) is 81.2 cm³/mol. The normalized spacial score (nSPS) is 15.8. The van der Waals surface area contributed by atoms with Crippen molar-refractivity contribution < 1.29 is 8.78 Å². The third-order valence-corrected chi connectivity index (χ3v) is 4.09. The first-order chi connectivity index (χ1) is 11.1. The average Bonchev–Trinajstić information content (AvgIpc) is 3.29. The maximum Gasteiger partial charge on any atom is 0.203 e. The zero-order chi connectivity index (χ0) is 16.0. The maximum absolute atomic E-state index is 13.4. The lowest BCUT2D eigenvalue weighted by Gasteiger charge is -2.15. The lowest BCUT2D eigenvalue weighted by molar-refractivity contribution is 0.506. The number of halogens is 2. The third-order valence-electron chi connectivity index (χ3n) is 4.09. The molecule has 7 heteroatoms. The van der Waals surface area contributed by atoms with Gasteiger partial charge in [0.25, 0.3) is 0 Å². The van der Waals surface area contributed by atoms with Gasteiger partial charge in [0.05, 0.1) is 6.04 Å². The average molecular weight is 315 g/mol. The van der Waals surface area contributed by atoms with Gasteiger partial charge in [0.15, 0.2) is 17.5 Å². The van der Waals surface area contributed by atoms with Crippen LogP contribution in [0.5, 0.6) is 0 Å². The summed E-state index contributed by atoms with van der Waals surface area (Å²) in [6.07, 6.45) is 5.80. The summed E-state index contributed by atoms with van der Waals surface area (Å²) in [5.74, 6) is 0.285. The monoisotopic (exact) mass is 315 g/mol. The standard InChI is InChI=1S/C16H15F2N5/c1-9(11-4-5-12(17)13(18)8-11)20-14-16-22-21-15(10-2-3-10)23(16)7-6-19-14/h4-10H,2-3H2,1H3,(H,19,20). The van der Waals surface area contributed by atoms with Crippen molar-refractivity contribution in [2.75, 3.05) is 5.32 Å². The van der Waals surface area contributed by atoms with Crippen molar-refractivity contribution >= 4 is 11.5 Å². The SMILES string of the molecule is CC(Nc1nccn2c(C3CC3)nnc12)c1ccc(F)c(F)c1. The van der Waals surface area contributed by atoms with Gasteiger partial charge in [-0.3, -0.25) is 4.40 Å². The molecule has 0 spiro atoms. The number of nitrogens with zero attached hydrogens (tertiary/aromatic N) is 4. The van der Waals surface area contributed by atoms with Crippen LogP contribution >= 0.6 is 0 Å². The molecule has 2 heterocycles. The highest BCUT2D eigenvalue weighted by Gasteiger charge is 2.29. The Labute approximate surface area is 131 Å².